The number of nitrogens with zero attached hydrogens (tertiary/aromatic N) is 3. The zero-order valence-electron chi connectivity index (χ0n) is 16.5. The monoisotopic (exact) mass is 444 g/mol. The minimum atomic E-state index is -0.452. The summed E-state index contributed by atoms with van der Waals surface area (Å²) in [6.07, 6.45) is 7.45. The van der Waals surface area contributed by atoms with Gasteiger partial charge in [-0.2, -0.15) is 0 Å². The molecule has 0 bridgehead atoms. The molecule has 5 rings (SSSR count). The zero-order valence-corrected chi connectivity index (χ0v) is 18.0. The Hall–Kier alpha value is -2.25. The Morgan fingerprint density at radius 2 is 2.07 bits per heavy atom. The molecule has 8 heteroatoms. The molecule has 1 unspecified atom stereocenters. The number of aromatic nitrogens is 2. The van der Waals surface area contributed by atoms with E-state index in [2.05, 4.69) is 20.2 Å². The van der Waals surface area contributed by atoms with Gasteiger partial charge in [-0.05, 0) is 62.3 Å². The van der Waals surface area contributed by atoms with Crippen molar-refractivity contribution < 1.29 is 9.18 Å². The van der Waals surface area contributed by atoms with E-state index < -0.39 is 5.82 Å². The quantitative estimate of drug-likeness (QED) is 0.592. The molecular formula is C22H22ClFN4OS. The normalized spacial score (nSPS) is 19.0. The van der Waals surface area contributed by atoms with Crippen molar-refractivity contribution in [2.24, 2.45) is 5.92 Å². The van der Waals surface area contributed by atoms with Crippen LogP contribution in [0.4, 0.5) is 15.9 Å². The number of fused-ring (bicyclic) bond motifs is 3. The fourth-order valence-electron chi connectivity index (χ4n) is 4.50. The largest absolute Gasteiger partial charge is 0.342 e. The van der Waals surface area contributed by atoms with Crippen LogP contribution in [-0.2, 0) is 17.6 Å². The predicted octanol–water partition coefficient (Wildman–Crippen LogP) is 5.34. The Balaban J connectivity index is 1.43. The first-order valence-electron chi connectivity index (χ1n) is 10.4. The van der Waals surface area contributed by atoms with Gasteiger partial charge in [-0.3, -0.25) is 4.79 Å². The van der Waals surface area contributed by atoms with Crippen molar-refractivity contribution in [1.29, 1.82) is 0 Å². The number of nitrogens with one attached hydrogen (secondary N) is 1. The molecule has 2 aromatic heterocycles. The Bertz CT molecular complexity index is 1110. The second-order valence-corrected chi connectivity index (χ2v) is 9.48. The molecule has 1 atom stereocenters. The number of hydrogen-bond acceptors (Lipinski definition) is 5. The van der Waals surface area contributed by atoms with Gasteiger partial charge in [0.25, 0.3) is 0 Å². The van der Waals surface area contributed by atoms with Crippen molar-refractivity contribution in [3.8, 4) is 0 Å². The summed E-state index contributed by atoms with van der Waals surface area (Å²) in [5.74, 6) is 0.612. The van der Waals surface area contributed by atoms with E-state index in [1.807, 2.05) is 0 Å². The molecule has 0 spiro atoms. The van der Waals surface area contributed by atoms with Crippen molar-refractivity contribution in [2.75, 3.05) is 18.4 Å². The third-order valence-electron chi connectivity index (χ3n) is 6.04. The van der Waals surface area contributed by atoms with Crippen LogP contribution >= 0.6 is 22.9 Å². The summed E-state index contributed by atoms with van der Waals surface area (Å²) in [6.45, 7) is 1.79. The highest BCUT2D eigenvalue weighted by molar-refractivity contribution is 7.19. The number of hydrogen-bond donors (Lipinski definition) is 1. The van der Waals surface area contributed by atoms with Crippen LogP contribution in [0, 0.1) is 11.7 Å². The lowest BCUT2D eigenvalue weighted by Crippen LogP contribution is -2.41. The van der Waals surface area contributed by atoms with Gasteiger partial charge in [-0.1, -0.05) is 11.6 Å². The maximum Gasteiger partial charge on any atom is 0.226 e. The topological polar surface area (TPSA) is 58.1 Å². The summed E-state index contributed by atoms with van der Waals surface area (Å²) in [7, 11) is 0. The molecule has 156 valence electrons. The average molecular weight is 445 g/mol. The van der Waals surface area contributed by atoms with Crippen molar-refractivity contribution in [3.63, 3.8) is 0 Å². The highest BCUT2D eigenvalue weighted by Gasteiger charge is 2.32. The van der Waals surface area contributed by atoms with Crippen LogP contribution < -0.4 is 5.32 Å². The van der Waals surface area contributed by atoms with E-state index in [1.54, 1.807) is 23.5 Å². The molecule has 3 heterocycles. The molecular weight excluding hydrogens is 423 g/mol. The van der Waals surface area contributed by atoms with Crippen LogP contribution in [0.15, 0.2) is 24.5 Å². The lowest BCUT2D eigenvalue weighted by molar-refractivity contribution is -0.136. The fourth-order valence-corrected chi connectivity index (χ4v) is 5.95. The van der Waals surface area contributed by atoms with Gasteiger partial charge in [0.1, 0.15) is 22.8 Å². The maximum atomic E-state index is 13.5. The number of amides is 1. The smallest absolute Gasteiger partial charge is 0.226 e. The van der Waals surface area contributed by atoms with Crippen molar-refractivity contribution >= 4 is 50.6 Å². The molecule has 0 radical (unpaired) electrons. The molecule has 1 aliphatic heterocycles. The van der Waals surface area contributed by atoms with E-state index in [-0.39, 0.29) is 10.9 Å². The van der Waals surface area contributed by atoms with Crippen molar-refractivity contribution in [1.82, 2.24) is 14.9 Å². The van der Waals surface area contributed by atoms with E-state index in [4.69, 9.17) is 11.6 Å². The molecule has 0 saturated carbocycles. The molecule has 3 aromatic rings. The Morgan fingerprint density at radius 3 is 2.87 bits per heavy atom. The number of likely N-dealkylation sites (tertiary alicyclic amines) is 1. The van der Waals surface area contributed by atoms with Gasteiger partial charge >= 0.3 is 0 Å². The van der Waals surface area contributed by atoms with Gasteiger partial charge in [0, 0.05) is 29.6 Å². The molecule has 30 heavy (non-hydrogen) atoms. The van der Waals surface area contributed by atoms with Gasteiger partial charge in [0.05, 0.1) is 10.4 Å². The van der Waals surface area contributed by atoms with Gasteiger partial charge in [-0.15, -0.1) is 11.3 Å². The van der Waals surface area contributed by atoms with Crippen LogP contribution in [-0.4, -0.2) is 33.9 Å². The van der Waals surface area contributed by atoms with E-state index in [1.165, 1.54) is 29.3 Å². The molecule has 1 saturated heterocycles. The third kappa shape index (κ3) is 3.65. The summed E-state index contributed by atoms with van der Waals surface area (Å²) in [5, 5.41) is 4.33. The summed E-state index contributed by atoms with van der Waals surface area (Å²) in [5.41, 5.74) is 1.91. The highest BCUT2D eigenvalue weighted by Crippen LogP contribution is 2.41. The summed E-state index contributed by atoms with van der Waals surface area (Å²) in [4.78, 5) is 26.1. The minimum Gasteiger partial charge on any atom is -0.342 e. The number of aryl methyl sites for hydroxylation is 1. The molecule has 1 aromatic carbocycles. The Morgan fingerprint density at radius 1 is 1.23 bits per heavy atom. The number of thiophene rings is 1. The number of anilines is 2. The van der Waals surface area contributed by atoms with Crippen LogP contribution in [0.5, 0.6) is 0 Å². The molecule has 1 fully saturated rings. The lowest BCUT2D eigenvalue weighted by Gasteiger charge is -2.32. The predicted molar refractivity (Wildman–Crippen MR) is 118 cm³/mol. The lowest BCUT2D eigenvalue weighted by atomic mass is 9.86. The van der Waals surface area contributed by atoms with E-state index >= 15 is 0 Å². The first-order valence-corrected chi connectivity index (χ1v) is 11.6. The van der Waals surface area contributed by atoms with Gasteiger partial charge in [-0.25, -0.2) is 14.4 Å². The first-order chi connectivity index (χ1) is 14.6. The Kier molecular flexibility index (Phi) is 5.33. The van der Waals surface area contributed by atoms with E-state index in [9.17, 15) is 9.18 Å². The van der Waals surface area contributed by atoms with Crippen LogP contribution in [0.3, 0.4) is 0 Å². The summed E-state index contributed by atoms with van der Waals surface area (Å²) >= 11 is 7.57. The highest BCUT2D eigenvalue weighted by atomic mass is 35.5. The van der Waals surface area contributed by atoms with Crippen molar-refractivity contribution in [3.05, 3.63) is 45.8 Å². The molecule has 5 nitrogen and oxygen atoms in total. The van der Waals surface area contributed by atoms with Crippen LogP contribution in [0.25, 0.3) is 10.2 Å². The van der Waals surface area contributed by atoms with Gasteiger partial charge < -0.3 is 10.2 Å². The number of rotatable bonds is 3. The second kappa shape index (κ2) is 8.12. The molecule has 1 amide bonds. The molecule has 1 aliphatic carbocycles. The summed E-state index contributed by atoms with van der Waals surface area (Å²) in [6, 6.07) is 4.53. The Labute approximate surface area is 183 Å². The molecule has 2 aliphatic rings. The van der Waals surface area contributed by atoms with Gasteiger partial charge in [0.2, 0.25) is 5.91 Å². The minimum absolute atomic E-state index is 0.0592. The standard InChI is InChI=1S/C22H22ClFN4OS/c23-16-11-14(5-7-17(16)24)27-20-19-15-6-4-13(22(29)28-8-2-1-3-9-28)10-18(15)30-21(19)26-12-25-20/h5,7,11-13H,1-4,6,8-10H2,(H,25,26,27). The van der Waals surface area contributed by atoms with E-state index in [0.29, 0.717) is 17.4 Å². The number of carbonyl (C=O) groups excluding carboxylic acids is 1. The second-order valence-electron chi connectivity index (χ2n) is 7.99. The van der Waals surface area contributed by atoms with E-state index in [0.717, 1.165) is 55.4 Å². The number of halogens is 2. The SMILES string of the molecule is O=C(C1CCc2c(sc3ncnc(Nc4ccc(F)c(Cl)c4)c23)C1)N1CCCCC1. The summed E-state index contributed by atoms with van der Waals surface area (Å²) < 4.78 is 13.5. The van der Waals surface area contributed by atoms with Crippen LogP contribution in [0.2, 0.25) is 5.02 Å². The van der Waals surface area contributed by atoms with Crippen LogP contribution in [0.1, 0.15) is 36.1 Å². The third-order valence-corrected chi connectivity index (χ3v) is 7.50. The average Bonchev–Trinajstić information content (AvgIpc) is 3.15. The number of benzene rings is 1. The zero-order chi connectivity index (χ0) is 20.7. The number of carbonyl (C=O) groups is 1. The van der Waals surface area contributed by atoms with Gasteiger partial charge in [0.15, 0.2) is 0 Å². The van der Waals surface area contributed by atoms with Crippen molar-refractivity contribution in [2.45, 2.75) is 38.5 Å². The number of piperidine rings is 1. The first kappa shape index (κ1) is 19.7. The molecule has 1 N–H and O–H groups in total. The fraction of sp³-hybridized carbons (Fsp3) is 0.409. The maximum absolute atomic E-state index is 13.5.